The van der Waals surface area contributed by atoms with Crippen molar-refractivity contribution in [3.8, 4) is 0 Å². The molecule has 0 radical (unpaired) electrons. The van der Waals surface area contributed by atoms with Crippen molar-refractivity contribution in [2.75, 3.05) is 0 Å². The van der Waals surface area contributed by atoms with E-state index in [4.69, 9.17) is 0 Å². The van der Waals surface area contributed by atoms with E-state index in [1.54, 1.807) is 0 Å². The number of hydrogen-bond donors (Lipinski definition) is 0. The van der Waals surface area contributed by atoms with Crippen LogP contribution in [-0.4, -0.2) is 0 Å². The van der Waals surface area contributed by atoms with Crippen LogP contribution in [0.1, 0.15) is 30.9 Å². The van der Waals surface area contributed by atoms with Crippen molar-refractivity contribution in [3.63, 3.8) is 0 Å². The Morgan fingerprint density at radius 3 is 1.91 bits per heavy atom. The van der Waals surface area contributed by atoms with E-state index in [0.717, 1.165) is 5.56 Å². The summed E-state index contributed by atoms with van der Waals surface area (Å²) in [5, 5.41) is 0. The van der Waals surface area contributed by atoms with Gasteiger partial charge >= 0.3 is 51.4 Å². The monoisotopic (exact) mass is 172 g/mol. The summed E-state index contributed by atoms with van der Waals surface area (Å²) in [5.41, 5.74) is 2.47. The van der Waals surface area contributed by atoms with Crippen molar-refractivity contribution in [3.05, 3.63) is 42.3 Å². The zero-order chi connectivity index (χ0) is 7.56. The van der Waals surface area contributed by atoms with Gasteiger partial charge in [0.05, 0.1) is 0 Å². The topological polar surface area (TPSA) is 0 Å². The zero-order valence-electron chi connectivity index (χ0n) is 7.59. The molecule has 0 saturated carbocycles. The fourth-order valence-electron chi connectivity index (χ4n) is 0.903. The number of benzene rings is 1. The first kappa shape index (κ1) is 11.7. The maximum atomic E-state index is 3.82. The van der Waals surface area contributed by atoms with Gasteiger partial charge in [-0.3, -0.25) is 0 Å². The van der Waals surface area contributed by atoms with Gasteiger partial charge < -0.3 is 0 Å². The van der Waals surface area contributed by atoms with Crippen LogP contribution < -0.4 is 51.4 Å². The summed E-state index contributed by atoms with van der Waals surface area (Å²) in [7, 11) is 0. The predicted octanol–water partition coefficient (Wildman–Crippen LogP) is -0.00381. The van der Waals surface area contributed by atoms with E-state index in [1.165, 1.54) is 5.56 Å². The molecule has 0 aromatic heterocycles. The Morgan fingerprint density at radius 2 is 1.55 bits per heavy atom. The average molecular weight is 172 g/mol. The van der Waals surface area contributed by atoms with Crippen LogP contribution >= 0.6 is 0 Å². The van der Waals surface area contributed by atoms with Gasteiger partial charge in [0, 0.05) is 0 Å². The van der Waals surface area contributed by atoms with Gasteiger partial charge in [0.2, 0.25) is 0 Å². The van der Waals surface area contributed by atoms with Gasteiger partial charge in [0.25, 0.3) is 0 Å². The van der Waals surface area contributed by atoms with E-state index in [0.29, 0.717) is 5.92 Å². The standard InChI is InChI=1S/C10H13.K/c1-8(2)10-6-4-9(3)5-7-10;/h4-8H,3H2,1-2H3;/q-1;+1. The molecule has 0 bridgehead atoms. The molecule has 0 aliphatic heterocycles. The summed E-state index contributed by atoms with van der Waals surface area (Å²) >= 11 is 0. The minimum absolute atomic E-state index is 0. The smallest absolute Gasteiger partial charge is 0.199 e. The molecule has 0 fully saturated rings. The third kappa shape index (κ3) is 3.77. The van der Waals surface area contributed by atoms with Gasteiger partial charge in [-0.15, -0.1) is 12.1 Å². The summed E-state index contributed by atoms with van der Waals surface area (Å²) in [5.74, 6) is 0.626. The van der Waals surface area contributed by atoms with Crippen LogP contribution in [0.4, 0.5) is 0 Å². The van der Waals surface area contributed by atoms with E-state index in [2.05, 4.69) is 45.0 Å². The molecule has 54 valence electrons. The summed E-state index contributed by atoms with van der Waals surface area (Å²) in [6.45, 7) is 8.21. The molecular weight excluding hydrogens is 159 g/mol. The molecule has 0 aliphatic rings. The predicted molar refractivity (Wildman–Crippen MR) is 45.0 cm³/mol. The van der Waals surface area contributed by atoms with Gasteiger partial charge in [0.15, 0.2) is 0 Å². The molecule has 1 heteroatoms. The molecule has 0 N–H and O–H groups in total. The molecule has 1 aromatic carbocycles. The van der Waals surface area contributed by atoms with Crippen molar-refractivity contribution in [1.29, 1.82) is 0 Å². The van der Waals surface area contributed by atoms with E-state index >= 15 is 0 Å². The minimum atomic E-state index is 0. The quantitative estimate of drug-likeness (QED) is 0.413. The van der Waals surface area contributed by atoms with Crippen LogP contribution in [0.15, 0.2) is 24.3 Å². The Morgan fingerprint density at radius 1 is 1.09 bits per heavy atom. The largest absolute Gasteiger partial charge is 1.00 e. The van der Waals surface area contributed by atoms with E-state index < -0.39 is 0 Å². The van der Waals surface area contributed by atoms with Crippen molar-refractivity contribution in [2.45, 2.75) is 19.8 Å². The van der Waals surface area contributed by atoms with Crippen molar-refractivity contribution in [2.24, 2.45) is 0 Å². The molecule has 0 saturated heterocycles. The SMILES string of the molecule is [CH2-]c1ccc(C(C)C)cc1.[K+]. The van der Waals surface area contributed by atoms with E-state index in [1.807, 2.05) is 0 Å². The molecule has 0 atom stereocenters. The Balaban J connectivity index is 0.000001000. The Hall–Kier alpha value is 0.726. The molecule has 0 heterocycles. The molecule has 1 aromatic rings. The third-order valence-corrected chi connectivity index (χ3v) is 1.65. The van der Waals surface area contributed by atoms with Crippen LogP contribution in [0.2, 0.25) is 0 Å². The van der Waals surface area contributed by atoms with Crippen molar-refractivity contribution < 1.29 is 51.4 Å². The number of hydrogen-bond acceptors (Lipinski definition) is 0. The van der Waals surface area contributed by atoms with Gasteiger partial charge in [-0.25, -0.2) is 0 Å². The first-order valence-corrected chi connectivity index (χ1v) is 3.62. The molecule has 0 unspecified atom stereocenters. The summed E-state index contributed by atoms with van der Waals surface area (Å²) < 4.78 is 0. The van der Waals surface area contributed by atoms with Gasteiger partial charge in [-0.1, -0.05) is 19.4 Å². The van der Waals surface area contributed by atoms with Crippen LogP contribution in [0, 0.1) is 6.92 Å². The average Bonchev–Trinajstić information content (AvgIpc) is 1.88. The summed E-state index contributed by atoms with van der Waals surface area (Å²) in [6.07, 6.45) is 0. The molecule has 11 heavy (non-hydrogen) atoms. The first-order valence-electron chi connectivity index (χ1n) is 3.62. The third-order valence-electron chi connectivity index (χ3n) is 1.65. The zero-order valence-corrected chi connectivity index (χ0v) is 10.7. The summed E-state index contributed by atoms with van der Waals surface area (Å²) in [6, 6.07) is 8.37. The molecule has 0 amide bonds. The van der Waals surface area contributed by atoms with E-state index in [9.17, 15) is 0 Å². The molecule has 1 rings (SSSR count). The minimum Gasteiger partial charge on any atom is -0.199 e. The van der Waals surface area contributed by atoms with Crippen LogP contribution in [0.5, 0.6) is 0 Å². The van der Waals surface area contributed by atoms with Gasteiger partial charge in [-0.2, -0.15) is 24.6 Å². The normalized spacial score (nSPS) is 9.36. The molecule has 0 nitrogen and oxygen atoms in total. The molecule has 0 aliphatic carbocycles. The van der Waals surface area contributed by atoms with Crippen LogP contribution in [0.25, 0.3) is 0 Å². The second-order valence-corrected chi connectivity index (χ2v) is 2.90. The maximum Gasteiger partial charge on any atom is 1.00 e. The Bertz CT molecular complexity index is 199. The number of rotatable bonds is 1. The second kappa shape index (κ2) is 5.39. The fourth-order valence-corrected chi connectivity index (χ4v) is 0.903. The Kier molecular flexibility index (Phi) is 5.74. The molecular formula is C10H13K. The Labute approximate surface area is 112 Å². The van der Waals surface area contributed by atoms with Crippen LogP contribution in [0.3, 0.4) is 0 Å². The van der Waals surface area contributed by atoms with E-state index in [-0.39, 0.29) is 51.4 Å². The van der Waals surface area contributed by atoms with Crippen LogP contribution in [-0.2, 0) is 0 Å². The maximum absolute atomic E-state index is 3.82. The second-order valence-electron chi connectivity index (χ2n) is 2.90. The van der Waals surface area contributed by atoms with Crippen molar-refractivity contribution >= 4 is 0 Å². The van der Waals surface area contributed by atoms with Gasteiger partial charge in [-0.05, 0) is 5.92 Å². The van der Waals surface area contributed by atoms with Crippen molar-refractivity contribution in [1.82, 2.24) is 0 Å². The summed E-state index contributed by atoms with van der Waals surface area (Å²) in [4.78, 5) is 0. The fraction of sp³-hybridized carbons (Fsp3) is 0.300. The first-order chi connectivity index (χ1) is 4.70. The van der Waals surface area contributed by atoms with Gasteiger partial charge in [0.1, 0.15) is 0 Å². The molecule has 0 spiro atoms.